The lowest BCUT2D eigenvalue weighted by molar-refractivity contribution is -0.149. The molecule has 1 aromatic rings. The molecule has 3 nitrogen and oxygen atoms in total. The van der Waals surface area contributed by atoms with Gasteiger partial charge in [0.1, 0.15) is 0 Å². The van der Waals surface area contributed by atoms with Gasteiger partial charge in [-0.3, -0.25) is 4.90 Å². The number of benzene rings is 1. The molecule has 1 aromatic carbocycles. The monoisotopic (exact) mass is 288 g/mol. The molecule has 1 saturated carbocycles. The lowest BCUT2D eigenvalue weighted by atomic mass is 9.73. The van der Waals surface area contributed by atoms with Gasteiger partial charge >= 0.3 is 0 Å². The first-order valence-electron chi connectivity index (χ1n) is 8.43. The van der Waals surface area contributed by atoms with E-state index in [0.717, 1.165) is 25.4 Å². The Bertz CT molecular complexity index is 470. The minimum atomic E-state index is 0.227. The summed E-state index contributed by atoms with van der Waals surface area (Å²) in [4.78, 5) is 2.65. The van der Waals surface area contributed by atoms with E-state index in [-0.39, 0.29) is 5.60 Å². The summed E-state index contributed by atoms with van der Waals surface area (Å²) in [5.74, 6) is 0. The number of ether oxygens (including phenoxy) is 1. The Kier molecular flexibility index (Phi) is 4.51. The van der Waals surface area contributed by atoms with Crippen LogP contribution in [0.15, 0.2) is 24.3 Å². The van der Waals surface area contributed by atoms with E-state index in [4.69, 9.17) is 10.5 Å². The molecule has 1 saturated heterocycles. The number of hydrogen-bond donors (Lipinski definition) is 1. The van der Waals surface area contributed by atoms with Crippen LogP contribution in [0.2, 0.25) is 0 Å². The molecule has 2 fully saturated rings. The van der Waals surface area contributed by atoms with E-state index in [1.807, 2.05) is 6.07 Å². The minimum Gasteiger partial charge on any atom is -0.399 e. The molecule has 0 bridgehead atoms. The Hall–Kier alpha value is -1.06. The van der Waals surface area contributed by atoms with Crippen LogP contribution < -0.4 is 5.73 Å². The predicted octanol–water partition coefficient (Wildman–Crippen LogP) is 3.58. The van der Waals surface area contributed by atoms with Crippen molar-refractivity contribution in [3.05, 3.63) is 29.8 Å². The van der Waals surface area contributed by atoms with Crippen LogP contribution >= 0.6 is 0 Å². The second kappa shape index (κ2) is 6.37. The lowest BCUT2D eigenvalue weighted by Crippen LogP contribution is -2.52. The lowest BCUT2D eigenvalue weighted by Gasteiger charge is -2.49. The molecule has 3 heteroatoms. The number of anilines is 1. The Morgan fingerprint density at radius 2 is 2.24 bits per heavy atom. The number of hydrogen-bond acceptors (Lipinski definition) is 3. The third-order valence-electron chi connectivity index (χ3n) is 5.10. The van der Waals surface area contributed by atoms with E-state index in [2.05, 4.69) is 30.0 Å². The highest BCUT2D eigenvalue weighted by Gasteiger charge is 2.43. The molecular weight excluding hydrogens is 260 g/mol. The highest BCUT2D eigenvalue weighted by Crippen LogP contribution is 2.43. The summed E-state index contributed by atoms with van der Waals surface area (Å²) >= 11 is 0. The van der Waals surface area contributed by atoms with Crippen LogP contribution in [-0.4, -0.2) is 29.7 Å². The van der Waals surface area contributed by atoms with Crippen molar-refractivity contribution in [2.45, 2.75) is 63.6 Å². The molecule has 21 heavy (non-hydrogen) atoms. The third kappa shape index (κ3) is 3.41. The molecule has 0 radical (unpaired) electrons. The van der Waals surface area contributed by atoms with Crippen molar-refractivity contribution in [1.82, 2.24) is 4.90 Å². The summed E-state index contributed by atoms with van der Waals surface area (Å²) in [6.45, 7) is 5.38. The van der Waals surface area contributed by atoms with E-state index >= 15 is 0 Å². The SMILES string of the molecule is CCCN(Cc1cccc(N)c1)C1CCOC2(CCC2)C1. The molecule has 2 N–H and O–H groups in total. The fourth-order valence-electron chi connectivity index (χ4n) is 3.84. The van der Waals surface area contributed by atoms with Crippen molar-refractivity contribution < 1.29 is 4.74 Å². The molecule has 1 heterocycles. The normalized spacial score (nSPS) is 24.2. The van der Waals surface area contributed by atoms with Gasteiger partial charge in [-0.2, -0.15) is 0 Å². The van der Waals surface area contributed by atoms with Crippen molar-refractivity contribution in [2.75, 3.05) is 18.9 Å². The molecule has 116 valence electrons. The first-order chi connectivity index (χ1) is 10.2. The fraction of sp³-hybridized carbons (Fsp3) is 0.667. The maximum atomic E-state index is 6.08. The maximum absolute atomic E-state index is 6.08. The zero-order valence-electron chi connectivity index (χ0n) is 13.2. The van der Waals surface area contributed by atoms with Crippen molar-refractivity contribution in [3.8, 4) is 0 Å². The average molecular weight is 288 g/mol. The van der Waals surface area contributed by atoms with Gasteiger partial charge in [-0.25, -0.2) is 0 Å². The van der Waals surface area contributed by atoms with Crippen molar-refractivity contribution in [3.63, 3.8) is 0 Å². The summed E-state index contributed by atoms with van der Waals surface area (Å²) in [6, 6.07) is 9.00. The van der Waals surface area contributed by atoms with Crippen LogP contribution in [0, 0.1) is 0 Å². The molecule has 1 unspecified atom stereocenters. The highest BCUT2D eigenvalue weighted by molar-refractivity contribution is 5.40. The van der Waals surface area contributed by atoms with Gasteiger partial charge in [0.15, 0.2) is 0 Å². The quantitative estimate of drug-likeness (QED) is 0.842. The Labute approximate surface area is 128 Å². The van der Waals surface area contributed by atoms with Crippen molar-refractivity contribution in [1.29, 1.82) is 0 Å². The Morgan fingerprint density at radius 1 is 1.38 bits per heavy atom. The van der Waals surface area contributed by atoms with E-state index in [0.29, 0.717) is 6.04 Å². The topological polar surface area (TPSA) is 38.5 Å². The number of nitrogens with zero attached hydrogens (tertiary/aromatic N) is 1. The fourth-order valence-corrected chi connectivity index (χ4v) is 3.84. The molecule has 1 atom stereocenters. The molecule has 1 aliphatic heterocycles. The van der Waals surface area contributed by atoms with Crippen LogP contribution in [0.3, 0.4) is 0 Å². The first-order valence-corrected chi connectivity index (χ1v) is 8.43. The zero-order chi connectivity index (χ0) is 14.7. The van der Waals surface area contributed by atoms with Crippen LogP contribution in [0.1, 0.15) is 51.0 Å². The van der Waals surface area contributed by atoms with Gasteiger partial charge < -0.3 is 10.5 Å². The van der Waals surface area contributed by atoms with Crippen molar-refractivity contribution in [2.24, 2.45) is 0 Å². The Balaban J connectivity index is 1.68. The minimum absolute atomic E-state index is 0.227. The summed E-state index contributed by atoms with van der Waals surface area (Å²) in [5.41, 5.74) is 8.35. The van der Waals surface area contributed by atoms with Gasteiger partial charge in [0.25, 0.3) is 0 Å². The molecule has 1 spiro atoms. The molecule has 3 rings (SSSR count). The third-order valence-corrected chi connectivity index (χ3v) is 5.10. The summed E-state index contributed by atoms with van der Waals surface area (Å²) in [6.07, 6.45) is 7.46. The summed E-state index contributed by atoms with van der Waals surface area (Å²) < 4.78 is 6.08. The van der Waals surface area contributed by atoms with Gasteiger partial charge in [-0.1, -0.05) is 19.1 Å². The standard InChI is InChI=1S/C18H28N2O/c1-2-10-20(14-15-5-3-6-16(19)12-15)17-7-11-21-18(13-17)8-4-9-18/h3,5-6,12,17H,2,4,7-11,13-14,19H2,1H3. The van der Waals surface area contributed by atoms with Crippen LogP contribution in [0.25, 0.3) is 0 Å². The number of nitrogen functional groups attached to an aromatic ring is 1. The largest absolute Gasteiger partial charge is 0.399 e. The molecule has 0 aromatic heterocycles. The summed E-state index contributed by atoms with van der Waals surface area (Å²) in [5, 5.41) is 0. The van der Waals surface area contributed by atoms with Gasteiger partial charge in [0, 0.05) is 24.9 Å². The van der Waals surface area contributed by atoms with E-state index < -0.39 is 0 Å². The second-order valence-corrected chi connectivity index (χ2v) is 6.75. The maximum Gasteiger partial charge on any atom is 0.0697 e. The highest BCUT2D eigenvalue weighted by atomic mass is 16.5. The molecular formula is C18H28N2O. The van der Waals surface area contributed by atoms with E-state index in [1.54, 1.807) is 0 Å². The van der Waals surface area contributed by atoms with E-state index in [9.17, 15) is 0 Å². The van der Waals surface area contributed by atoms with Gasteiger partial charge in [0.05, 0.1) is 5.60 Å². The predicted molar refractivity (Wildman–Crippen MR) is 87.1 cm³/mol. The number of nitrogens with two attached hydrogens (primary N) is 1. The van der Waals surface area contributed by atoms with Crippen LogP contribution in [-0.2, 0) is 11.3 Å². The van der Waals surface area contributed by atoms with Crippen molar-refractivity contribution >= 4 is 5.69 Å². The smallest absolute Gasteiger partial charge is 0.0697 e. The van der Waals surface area contributed by atoms with Gasteiger partial charge in [-0.15, -0.1) is 0 Å². The van der Waals surface area contributed by atoms with Crippen LogP contribution in [0.5, 0.6) is 0 Å². The molecule has 1 aliphatic carbocycles. The second-order valence-electron chi connectivity index (χ2n) is 6.75. The average Bonchev–Trinajstić information content (AvgIpc) is 2.45. The molecule has 2 aliphatic rings. The molecule has 0 amide bonds. The van der Waals surface area contributed by atoms with Gasteiger partial charge in [0.2, 0.25) is 0 Å². The first kappa shape index (κ1) is 14.9. The summed E-state index contributed by atoms with van der Waals surface area (Å²) in [7, 11) is 0. The zero-order valence-corrected chi connectivity index (χ0v) is 13.2. The van der Waals surface area contributed by atoms with E-state index in [1.165, 1.54) is 44.1 Å². The van der Waals surface area contributed by atoms with Gasteiger partial charge in [-0.05, 0) is 62.8 Å². The Morgan fingerprint density at radius 3 is 2.90 bits per heavy atom. The van der Waals surface area contributed by atoms with Crippen LogP contribution in [0.4, 0.5) is 5.69 Å². The number of rotatable bonds is 5.